The van der Waals surface area contributed by atoms with Crippen molar-refractivity contribution >= 4 is 5.97 Å². The molecule has 5 heteroatoms. The first-order chi connectivity index (χ1) is 9.22. The minimum absolute atomic E-state index is 0.127. The van der Waals surface area contributed by atoms with Crippen LogP contribution in [0.25, 0.3) is 11.3 Å². The van der Waals surface area contributed by atoms with Gasteiger partial charge in [0.1, 0.15) is 5.75 Å². The zero-order valence-electron chi connectivity index (χ0n) is 10.3. The van der Waals surface area contributed by atoms with E-state index in [0.29, 0.717) is 11.5 Å². The number of aliphatic carboxylic acids is 1. The molecule has 0 aliphatic carbocycles. The number of aromatic nitrogens is 1. The van der Waals surface area contributed by atoms with Crippen LogP contribution >= 0.6 is 0 Å². The Morgan fingerprint density at radius 1 is 1.37 bits per heavy atom. The number of hydrogen-bond acceptors (Lipinski definition) is 4. The van der Waals surface area contributed by atoms with Gasteiger partial charge in [-0.15, -0.1) is 0 Å². The number of hydrogen-bond donors (Lipinski definition) is 1. The number of benzene rings is 1. The Hall–Kier alpha value is -2.30. The molecule has 19 heavy (non-hydrogen) atoms. The highest BCUT2D eigenvalue weighted by Gasteiger charge is 2.14. The molecule has 2 heterocycles. The van der Waals surface area contributed by atoms with Gasteiger partial charge >= 0.3 is 5.97 Å². The van der Waals surface area contributed by atoms with E-state index >= 15 is 0 Å². The molecule has 1 aliphatic rings. The molecule has 0 bridgehead atoms. The zero-order valence-corrected chi connectivity index (χ0v) is 10.3. The van der Waals surface area contributed by atoms with Crippen molar-refractivity contribution in [2.45, 2.75) is 19.3 Å². The minimum Gasteiger partial charge on any atom is -0.493 e. The lowest BCUT2D eigenvalue weighted by atomic mass is 10.0. The molecule has 0 saturated heterocycles. The lowest BCUT2D eigenvalue weighted by Crippen LogP contribution is -2.07. The van der Waals surface area contributed by atoms with E-state index in [1.807, 2.05) is 18.2 Å². The molecule has 98 valence electrons. The fourth-order valence-corrected chi connectivity index (χ4v) is 2.20. The second kappa shape index (κ2) is 4.76. The number of rotatable bonds is 3. The lowest BCUT2D eigenvalue weighted by Gasteiger charge is -2.17. The van der Waals surface area contributed by atoms with Crippen molar-refractivity contribution in [1.82, 2.24) is 5.16 Å². The predicted octanol–water partition coefficient (Wildman–Crippen LogP) is 2.29. The average Bonchev–Trinajstić information content (AvgIpc) is 2.86. The van der Waals surface area contributed by atoms with Crippen molar-refractivity contribution in [2.75, 3.05) is 6.61 Å². The van der Waals surface area contributed by atoms with E-state index in [4.69, 9.17) is 14.4 Å². The molecule has 3 rings (SSSR count). The largest absolute Gasteiger partial charge is 0.493 e. The first kappa shape index (κ1) is 11.8. The van der Waals surface area contributed by atoms with Gasteiger partial charge < -0.3 is 14.4 Å². The van der Waals surface area contributed by atoms with Gasteiger partial charge in [0.15, 0.2) is 5.76 Å². The van der Waals surface area contributed by atoms with E-state index in [2.05, 4.69) is 5.16 Å². The van der Waals surface area contributed by atoms with Gasteiger partial charge in [-0.3, -0.25) is 4.79 Å². The molecule has 0 unspecified atom stereocenters. The maximum Gasteiger partial charge on any atom is 0.309 e. The summed E-state index contributed by atoms with van der Waals surface area (Å²) >= 11 is 0. The van der Waals surface area contributed by atoms with Crippen LogP contribution in [-0.4, -0.2) is 22.8 Å². The molecule has 1 N–H and O–H groups in total. The quantitative estimate of drug-likeness (QED) is 0.915. The number of aryl methyl sites for hydroxylation is 1. The fraction of sp³-hybridized carbons (Fsp3) is 0.286. The highest BCUT2D eigenvalue weighted by molar-refractivity contribution is 5.70. The standard InChI is InChI=1S/C14H13NO4/c16-14(17)8-11-7-13(19-15-11)10-3-4-12-9(6-10)2-1-5-18-12/h3-4,6-7H,1-2,5,8H2,(H,16,17). The average molecular weight is 259 g/mol. The van der Waals surface area contributed by atoms with E-state index in [9.17, 15) is 4.79 Å². The predicted molar refractivity (Wildman–Crippen MR) is 67.1 cm³/mol. The van der Waals surface area contributed by atoms with Gasteiger partial charge in [-0.05, 0) is 36.6 Å². The second-order valence-electron chi connectivity index (χ2n) is 4.53. The Labute approximate surface area is 109 Å². The molecular weight excluding hydrogens is 246 g/mol. The number of nitrogens with zero attached hydrogens (tertiary/aromatic N) is 1. The van der Waals surface area contributed by atoms with Crippen molar-refractivity contribution in [3.8, 4) is 17.1 Å². The van der Waals surface area contributed by atoms with Gasteiger partial charge in [0.05, 0.1) is 18.7 Å². The third-order valence-electron chi connectivity index (χ3n) is 3.08. The Balaban J connectivity index is 1.89. The summed E-state index contributed by atoms with van der Waals surface area (Å²) in [7, 11) is 0. The molecule has 0 fully saturated rings. The summed E-state index contributed by atoms with van der Waals surface area (Å²) in [6, 6.07) is 7.50. The van der Waals surface area contributed by atoms with E-state index in [-0.39, 0.29) is 6.42 Å². The lowest BCUT2D eigenvalue weighted by molar-refractivity contribution is -0.136. The summed E-state index contributed by atoms with van der Waals surface area (Å²) < 4.78 is 10.7. The van der Waals surface area contributed by atoms with Gasteiger partial charge in [0.2, 0.25) is 0 Å². The second-order valence-corrected chi connectivity index (χ2v) is 4.53. The Kier molecular flexibility index (Phi) is 2.95. The van der Waals surface area contributed by atoms with Crippen molar-refractivity contribution < 1.29 is 19.2 Å². The molecule has 0 amide bonds. The first-order valence-corrected chi connectivity index (χ1v) is 6.16. The highest BCUT2D eigenvalue weighted by Crippen LogP contribution is 2.30. The monoisotopic (exact) mass is 259 g/mol. The summed E-state index contributed by atoms with van der Waals surface area (Å²) in [5.74, 6) is 0.587. The van der Waals surface area contributed by atoms with E-state index in [0.717, 1.165) is 36.3 Å². The van der Waals surface area contributed by atoms with Crippen LogP contribution < -0.4 is 4.74 Å². The van der Waals surface area contributed by atoms with Gasteiger partial charge in [0, 0.05) is 11.6 Å². The Bertz CT molecular complexity index is 618. The number of carboxylic acid groups (broad SMARTS) is 1. The molecule has 0 spiro atoms. The fourth-order valence-electron chi connectivity index (χ4n) is 2.20. The number of ether oxygens (including phenoxy) is 1. The molecule has 2 aromatic rings. The van der Waals surface area contributed by atoms with Crippen LogP contribution in [0.1, 0.15) is 17.7 Å². The smallest absolute Gasteiger partial charge is 0.309 e. The van der Waals surface area contributed by atoms with Crippen LogP contribution in [0.5, 0.6) is 5.75 Å². The summed E-state index contributed by atoms with van der Waals surface area (Å²) in [6.07, 6.45) is 1.87. The number of carbonyl (C=O) groups is 1. The van der Waals surface area contributed by atoms with E-state index in [1.54, 1.807) is 6.07 Å². The van der Waals surface area contributed by atoms with Gasteiger partial charge in [-0.25, -0.2) is 0 Å². The van der Waals surface area contributed by atoms with Crippen LogP contribution in [0.15, 0.2) is 28.8 Å². The van der Waals surface area contributed by atoms with Gasteiger partial charge in [0.25, 0.3) is 0 Å². The Morgan fingerprint density at radius 3 is 3.11 bits per heavy atom. The summed E-state index contributed by atoms with van der Waals surface area (Å²) in [4.78, 5) is 10.6. The van der Waals surface area contributed by atoms with Crippen LogP contribution in [0.2, 0.25) is 0 Å². The normalized spacial score (nSPS) is 13.7. The summed E-state index contributed by atoms with van der Waals surface area (Å²) in [5, 5.41) is 12.5. The minimum atomic E-state index is -0.918. The third kappa shape index (κ3) is 2.45. The van der Waals surface area contributed by atoms with Gasteiger partial charge in [-0.1, -0.05) is 5.16 Å². The van der Waals surface area contributed by atoms with Crippen LogP contribution in [0.4, 0.5) is 0 Å². The van der Waals surface area contributed by atoms with Crippen molar-refractivity contribution in [2.24, 2.45) is 0 Å². The topological polar surface area (TPSA) is 72.6 Å². The molecule has 0 radical (unpaired) electrons. The maximum absolute atomic E-state index is 10.6. The molecule has 1 aliphatic heterocycles. The van der Waals surface area contributed by atoms with Crippen LogP contribution in [0, 0.1) is 0 Å². The van der Waals surface area contributed by atoms with Crippen LogP contribution in [0.3, 0.4) is 0 Å². The molecule has 1 aromatic carbocycles. The summed E-state index contributed by atoms with van der Waals surface area (Å²) in [5.41, 5.74) is 2.48. The Morgan fingerprint density at radius 2 is 2.26 bits per heavy atom. The third-order valence-corrected chi connectivity index (χ3v) is 3.08. The SMILES string of the molecule is O=C(O)Cc1cc(-c2ccc3c(c2)CCCO3)on1. The molecule has 1 aromatic heterocycles. The molecule has 0 atom stereocenters. The van der Waals surface area contributed by atoms with Gasteiger partial charge in [-0.2, -0.15) is 0 Å². The number of fused-ring (bicyclic) bond motifs is 1. The summed E-state index contributed by atoms with van der Waals surface area (Å²) in [6.45, 7) is 0.761. The molecule has 5 nitrogen and oxygen atoms in total. The van der Waals surface area contributed by atoms with Crippen LogP contribution in [-0.2, 0) is 17.6 Å². The maximum atomic E-state index is 10.6. The van der Waals surface area contributed by atoms with Crippen molar-refractivity contribution in [3.05, 3.63) is 35.5 Å². The van der Waals surface area contributed by atoms with Crippen molar-refractivity contribution in [3.63, 3.8) is 0 Å². The molecular formula is C14H13NO4. The number of carboxylic acids is 1. The zero-order chi connectivity index (χ0) is 13.2. The molecule has 0 saturated carbocycles. The van der Waals surface area contributed by atoms with E-state index < -0.39 is 5.97 Å². The van der Waals surface area contributed by atoms with E-state index in [1.165, 1.54) is 0 Å². The first-order valence-electron chi connectivity index (χ1n) is 6.16. The highest BCUT2D eigenvalue weighted by atomic mass is 16.5. The van der Waals surface area contributed by atoms with Crippen molar-refractivity contribution in [1.29, 1.82) is 0 Å².